The lowest BCUT2D eigenvalue weighted by Gasteiger charge is -2.35. The van der Waals surface area contributed by atoms with Crippen LogP contribution in [-0.4, -0.2) is 40.2 Å². The molecule has 0 saturated carbocycles. The van der Waals surface area contributed by atoms with Gasteiger partial charge >= 0.3 is 5.97 Å². The number of thiazole rings is 1. The highest BCUT2D eigenvalue weighted by Crippen LogP contribution is 2.39. The summed E-state index contributed by atoms with van der Waals surface area (Å²) in [5.41, 5.74) is 1.71. The lowest BCUT2D eigenvalue weighted by Crippen LogP contribution is -2.44. The van der Waals surface area contributed by atoms with Crippen LogP contribution in [0.5, 0.6) is 0 Å². The van der Waals surface area contributed by atoms with Crippen molar-refractivity contribution in [2.75, 3.05) is 11.4 Å². The maximum atomic E-state index is 14.1. The Morgan fingerprint density at radius 2 is 1.86 bits per heavy atom. The van der Waals surface area contributed by atoms with Crippen LogP contribution in [0.15, 0.2) is 60.0 Å². The Balaban J connectivity index is 1.70. The largest absolute Gasteiger partial charge is 0.460 e. The number of aromatic nitrogens is 1. The van der Waals surface area contributed by atoms with Crippen LogP contribution in [0, 0.1) is 5.92 Å². The number of anilines is 1. The molecule has 3 aromatic rings. The molecule has 1 saturated heterocycles. The first-order chi connectivity index (χ1) is 17.1. The van der Waals surface area contributed by atoms with E-state index in [1.807, 2.05) is 53.9 Å². The monoisotopic (exact) mass is 526 g/mol. The van der Waals surface area contributed by atoms with E-state index in [1.54, 1.807) is 31.7 Å². The number of esters is 1. The number of carbonyl (C=O) groups excluding carboxylic acids is 2. The number of carbonyl (C=O) groups is 2. The Morgan fingerprint density at radius 3 is 2.56 bits per heavy atom. The van der Waals surface area contributed by atoms with Gasteiger partial charge in [-0.05, 0) is 51.2 Å². The second-order valence-electron chi connectivity index (χ2n) is 10.1. The van der Waals surface area contributed by atoms with E-state index in [0.717, 1.165) is 11.1 Å². The molecule has 0 spiro atoms. The fourth-order valence-corrected chi connectivity index (χ4v) is 5.66. The number of hydrogen-bond acceptors (Lipinski definition) is 6. The molecule has 2 aromatic carbocycles. The van der Waals surface area contributed by atoms with Crippen LogP contribution in [0.4, 0.5) is 5.13 Å². The molecule has 1 unspecified atom stereocenters. The summed E-state index contributed by atoms with van der Waals surface area (Å²) in [5, 5.41) is 13.8. The predicted octanol–water partition coefficient (Wildman–Crippen LogP) is 6.08. The quantitative estimate of drug-likeness (QED) is 0.407. The van der Waals surface area contributed by atoms with E-state index >= 15 is 0 Å². The smallest absolute Gasteiger partial charge is 0.307 e. The van der Waals surface area contributed by atoms with Crippen LogP contribution in [0.2, 0.25) is 5.02 Å². The number of hydrogen-bond donors (Lipinski definition) is 1. The average molecular weight is 527 g/mol. The van der Waals surface area contributed by atoms with Crippen molar-refractivity contribution in [1.29, 1.82) is 0 Å². The fraction of sp³-hybridized carbons (Fsp3) is 0.393. The number of halogens is 1. The standard InChI is InChI=1S/C28H31ClN2O4S/c1-28(2,3)35-25(33)16-22-21(18-9-5-4-6-10-18)15-19(32)13-14-31(26(22)34)27-30-24(17-36-27)20-11-7-8-12-23(20)29/h4-12,17,19,21-22,32H,13-16H2,1-3H3/t19?,21-,22+/m1/s1. The highest BCUT2D eigenvalue weighted by Gasteiger charge is 2.39. The van der Waals surface area contributed by atoms with Crippen LogP contribution in [0.3, 0.4) is 0 Å². The Bertz CT molecular complexity index is 1210. The van der Waals surface area contributed by atoms with Crippen molar-refractivity contribution in [3.63, 3.8) is 0 Å². The van der Waals surface area contributed by atoms with E-state index in [-0.39, 0.29) is 18.2 Å². The molecule has 36 heavy (non-hydrogen) atoms. The summed E-state index contributed by atoms with van der Waals surface area (Å²) < 4.78 is 5.59. The third-order valence-electron chi connectivity index (χ3n) is 6.19. The minimum Gasteiger partial charge on any atom is -0.460 e. The molecule has 0 radical (unpaired) electrons. The molecule has 1 aromatic heterocycles. The van der Waals surface area contributed by atoms with Gasteiger partial charge in [0.15, 0.2) is 5.13 Å². The number of aliphatic hydroxyl groups excluding tert-OH is 1. The Kier molecular flexibility index (Phi) is 8.13. The van der Waals surface area contributed by atoms with Crippen LogP contribution in [0.25, 0.3) is 11.3 Å². The number of ether oxygens (including phenoxy) is 1. The van der Waals surface area contributed by atoms with Gasteiger partial charge in [-0.3, -0.25) is 14.5 Å². The molecule has 1 N–H and O–H groups in total. The van der Waals surface area contributed by atoms with E-state index < -0.39 is 23.6 Å². The average Bonchev–Trinajstić information content (AvgIpc) is 3.30. The SMILES string of the molecule is CC(C)(C)OC(=O)C[C@@H]1C(=O)N(c2nc(-c3ccccc3Cl)cs2)CCC(O)C[C@@H]1c1ccccc1. The topological polar surface area (TPSA) is 79.7 Å². The first-order valence-corrected chi connectivity index (χ1v) is 13.3. The Labute approximate surface area is 220 Å². The van der Waals surface area contributed by atoms with E-state index in [0.29, 0.717) is 35.2 Å². The molecular weight excluding hydrogens is 496 g/mol. The molecule has 1 amide bonds. The zero-order chi connectivity index (χ0) is 25.9. The van der Waals surface area contributed by atoms with Crippen molar-refractivity contribution in [2.24, 2.45) is 5.92 Å². The van der Waals surface area contributed by atoms with E-state index in [1.165, 1.54) is 11.3 Å². The van der Waals surface area contributed by atoms with E-state index in [2.05, 4.69) is 0 Å². The van der Waals surface area contributed by atoms with Crippen molar-refractivity contribution in [1.82, 2.24) is 4.98 Å². The van der Waals surface area contributed by atoms with Gasteiger partial charge in [-0.25, -0.2) is 4.98 Å². The maximum Gasteiger partial charge on any atom is 0.307 e. The van der Waals surface area contributed by atoms with Gasteiger partial charge in [-0.2, -0.15) is 0 Å². The molecule has 190 valence electrons. The molecule has 1 aliphatic rings. The molecule has 1 fully saturated rings. The molecular formula is C28H31ClN2O4S. The first-order valence-electron chi connectivity index (χ1n) is 12.1. The maximum absolute atomic E-state index is 14.1. The first kappa shape index (κ1) is 26.3. The highest BCUT2D eigenvalue weighted by molar-refractivity contribution is 7.14. The third-order valence-corrected chi connectivity index (χ3v) is 7.38. The molecule has 1 aliphatic heterocycles. The minimum atomic E-state index is -0.704. The fourth-order valence-electron chi connectivity index (χ4n) is 4.57. The lowest BCUT2D eigenvalue weighted by atomic mass is 9.78. The second kappa shape index (κ2) is 11.1. The number of nitrogens with zero attached hydrogens (tertiary/aromatic N) is 2. The van der Waals surface area contributed by atoms with Gasteiger partial charge in [0.05, 0.1) is 24.1 Å². The lowest BCUT2D eigenvalue weighted by molar-refractivity contribution is -0.157. The van der Waals surface area contributed by atoms with Gasteiger partial charge in [-0.1, -0.05) is 60.1 Å². The molecule has 6 nitrogen and oxygen atoms in total. The summed E-state index contributed by atoms with van der Waals surface area (Å²) in [7, 11) is 0. The summed E-state index contributed by atoms with van der Waals surface area (Å²) in [6.45, 7) is 5.73. The number of benzene rings is 2. The second-order valence-corrected chi connectivity index (χ2v) is 11.3. The zero-order valence-electron chi connectivity index (χ0n) is 20.7. The minimum absolute atomic E-state index is 0.0817. The van der Waals surface area contributed by atoms with E-state index in [9.17, 15) is 14.7 Å². The third kappa shape index (κ3) is 6.33. The number of rotatable bonds is 5. The molecule has 0 aliphatic carbocycles. The van der Waals surface area contributed by atoms with Crippen LogP contribution < -0.4 is 4.90 Å². The van der Waals surface area contributed by atoms with Gasteiger partial charge in [0.25, 0.3) is 0 Å². The normalized spacial score (nSPS) is 21.1. The van der Waals surface area contributed by atoms with Gasteiger partial charge < -0.3 is 9.84 Å². The van der Waals surface area contributed by atoms with Crippen LogP contribution >= 0.6 is 22.9 Å². The number of aliphatic hydroxyl groups is 1. The van der Waals surface area contributed by atoms with Crippen molar-refractivity contribution in [3.05, 3.63) is 70.6 Å². The van der Waals surface area contributed by atoms with Gasteiger partial charge in [0, 0.05) is 22.5 Å². The van der Waals surface area contributed by atoms with Crippen molar-refractivity contribution >= 4 is 39.9 Å². The van der Waals surface area contributed by atoms with Crippen molar-refractivity contribution in [2.45, 2.75) is 57.7 Å². The van der Waals surface area contributed by atoms with E-state index in [4.69, 9.17) is 21.3 Å². The van der Waals surface area contributed by atoms with Crippen LogP contribution in [-0.2, 0) is 14.3 Å². The molecule has 8 heteroatoms. The van der Waals surface area contributed by atoms with Crippen molar-refractivity contribution < 1.29 is 19.4 Å². The summed E-state index contributed by atoms with van der Waals surface area (Å²) in [4.78, 5) is 33.3. The zero-order valence-corrected chi connectivity index (χ0v) is 22.3. The Morgan fingerprint density at radius 1 is 1.17 bits per heavy atom. The number of amides is 1. The van der Waals surface area contributed by atoms with Crippen molar-refractivity contribution in [3.8, 4) is 11.3 Å². The summed E-state index contributed by atoms with van der Waals surface area (Å²) in [5.74, 6) is -1.67. The van der Waals surface area contributed by atoms with Gasteiger partial charge in [0.2, 0.25) is 5.91 Å². The van der Waals surface area contributed by atoms with Crippen LogP contribution in [0.1, 0.15) is 51.5 Å². The summed E-state index contributed by atoms with van der Waals surface area (Å²) in [6.07, 6.45) is 0.0892. The molecule has 2 heterocycles. The highest BCUT2D eigenvalue weighted by atomic mass is 35.5. The predicted molar refractivity (Wildman–Crippen MR) is 143 cm³/mol. The summed E-state index contributed by atoms with van der Waals surface area (Å²) >= 11 is 7.72. The molecule has 4 rings (SSSR count). The molecule has 0 bridgehead atoms. The molecule has 3 atom stereocenters. The van der Waals surface area contributed by atoms with Gasteiger partial charge in [0.1, 0.15) is 5.60 Å². The summed E-state index contributed by atoms with van der Waals surface area (Å²) in [6, 6.07) is 17.0. The van der Waals surface area contributed by atoms with Gasteiger partial charge in [-0.15, -0.1) is 11.3 Å². The Hall–Kier alpha value is -2.74.